The van der Waals surface area contributed by atoms with Crippen molar-refractivity contribution in [3.05, 3.63) is 12.2 Å². The van der Waals surface area contributed by atoms with Crippen molar-refractivity contribution >= 4 is 22.5 Å². The van der Waals surface area contributed by atoms with E-state index in [0.29, 0.717) is 0 Å². The SMILES string of the molecule is C=C(C)[C@@H](O[Si](C)(C)C(C)(C)C)[C@]1(O[Si](CC)(CC)CC)[C@H](C(=O)N(C)OC)C1(C)C. The fraction of sp³-hybridized carbons (Fsp3) is 0.875. The smallest absolute Gasteiger partial charge is 0.252 e. The number of carbonyl (C=O) groups excluding carboxylic acids is 1. The summed E-state index contributed by atoms with van der Waals surface area (Å²) in [6, 6.07) is 3.05. The molecule has 0 heterocycles. The average molecular weight is 472 g/mol. The third kappa shape index (κ3) is 4.91. The molecule has 0 unspecified atom stereocenters. The summed E-state index contributed by atoms with van der Waals surface area (Å²) in [6.45, 7) is 28.6. The van der Waals surface area contributed by atoms with Gasteiger partial charge >= 0.3 is 0 Å². The van der Waals surface area contributed by atoms with Crippen molar-refractivity contribution in [2.45, 2.75) is 110 Å². The Bertz CT molecular complexity index is 659. The van der Waals surface area contributed by atoms with Crippen molar-refractivity contribution in [2.24, 2.45) is 11.3 Å². The van der Waals surface area contributed by atoms with E-state index >= 15 is 0 Å². The molecule has 1 amide bonds. The quantitative estimate of drug-likeness (QED) is 0.199. The van der Waals surface area contributed by atoms with Crippen LogP contribution in [0.3, 0.4) is 0 Å². The third-order valence-electron chi connectivity index (χ3n) is 8.28. The first kappa shape index (κ1) is 28.6. The first-order chi connectivity index (χ1) is 13.9. The molecule has 31 heavy (non-hydrogen) atoms. The van der Waals surface area contributed by atoms with Crippen LogP contribution in [0.2, 0.25) is 36.3 Å². The number of hydroxylamine groups is 2. The van der Waals surface area contributed by atoms with E-state index in [1.165, 1.54) is 12.2 Å². The van der Waals surface area contributed by atoms with E-state index in [9.17, 15) is 4.79 Å². The van der Waals surface area contributed by atoms with Crippen LogP contribution in [0.15, 0.2) is 12.2 Å². The van der Waals surface area contributed by atoms with Crippen molar-refractivity contribution in [2.75, 3.05) is 14.2 Å². The molecule has 1 aliphatic rings. The third-order valence-corrected chi connectivity index (χ3v) is 17.4. The van der Waals surface area contributed by atoms with Crippen molar-refractivity contribution in [1.29, 1.82) is 0 Å². The summed E-state index contributed by atoms with van der Waals surface area (Å²) >= 11 is 0. The van der Waals surface area contributed by atoms with Gasteiger partial charge < -0.3 is 8.85 Å². The van der Waals surface area contributed by atoms with Crippen LogP contribution in [-0.2, 0) is 18.5 Å². The van der Waals surface area contributed by atoms with Gasteiger partial charge in [0.25, 0.3) is 5.91 Å². The number of hydrogen-bond donors (Lipinski definition) is 0. The molecular weight excluding hydrogens is 422 g/mol. The first-order valence-corrected chi connectivity index (χ1v) is 17.2. The van der Waals surface area contributed by atoms with Crippen molar-refractivity contribution in [3.63, 3.8) is 0 Å². The molecule has 3 atom stereocenters. The van der Waals surface area contributed by atoms with Crippen molar-refractivity contribution in [3.8, 4) is 0 Å². The summed E-state index contributed by atoms with van der Waals surface area (Å²) in [5.74, 6) is -0.392. The van der Waals surface area contributed by atoms with E-state index in [2.05, 4.69) is 75.1 Å². The first-order valence-electron chi connectivity index (χ1n) is 11.8. The van der Waals surface area contributed by atoms with Crippen molar-refractivity contribution in [1.82, 2.24) is 5.06 Å². The maximum Gasteiger partial charge on any atom is 0.252 e. The standard InChI is InChI=1S/C24H49NO4Si2/c1-15-31(16-2,17-3)29-24(19(23(24,9)10)21(26)25(11)27-12)20(18(4)5)28-30(13,14)22(6,7)8/h19-20H,4,15-17H2,1-3,5-14H3/t19-,20-,24-/m1/s1. The number of amides is 1. The lowest BCUT2D eigenvalue weighted by Gasteiger charge is -2.45. The molecule has 0 aromatic carbocycles. The Morgan fingerprint density at radius 2 is 1.58 bits per heavy atom. The van der Waals surface area contributed by atoms with Gasteiger partial charge in [0.2, 0.25) is 0 Å². The summed E-state index contributed by atoms with van der Waals surface area (Å²) < 4.78 is 14.3. The fourth-order valence-electron chi connectivity index (χ4n) is 4.60. The van der Waals surface area contributed by atoms with Crippen LogP contribution in [0.5, 0.6) is 0 Å². The lowest BCUT2D eigenvalue weighted by atomic mass is 9.98. The van der Waals surface area contributed by atoms with E-state index in [-0.39, 0.29) is 28.4 Å². The van der Waals surface area contributed by atoms with Gasteiger partial charge in [-0.1, -0.05) is 67.5 Å². The van der Waals surface area contributed by atoms with Gasteiger partial charge in [0.15, 0.2) is 16.6 Å². The highest BCUT2D eigenvalue weighted by atomic mass is 28.4. The monoisotopic (exact) mass is 471 g/mol. The molecule has 0 saturated heterocycles. The Labute approximate surface area is 194 Å². The average Bonchev–Trinajstić information content (AvgIpc) is 3.16. The minimum absolute atomic E-state index is 0.0402. The van der Waals surface area contributed by atoms with Crippen LogP contribution in [0, 0.1) is 11.3 Å². The molecule has 1 aliphatic carbocycles. The molecule has 0 bridgehead atoms. The summed E-state index contributed by atoms with van der Waals surface area (Å²) in [4.78, 5) is 18.8. The van der Waals surface area contributed by atoms with E-state index in [1.54, 1.807) is 7.05 Å². The van der Waals surface area contributed by atoms with E-state index in [0.717, 1.165) is 23.7 Å². The van der Waals surface area contributed by atoms with Gasteiger partial charge in [-0.3, -0.25) is 9.63 Å². The Kier molecular flexibility index (Phi) is 8.67. The molecule has 0 spiro atoms. The number of nitrogens with zero attached hydrogens (tertiary/aromatic N) is 1. The largest absolute Gasteiger partial charge is 0.407 e. The highest BCUT2D eigenvalue weighted by Gasteiger charge is 2.81. The zero-order chi connectivity index (χ0) is 24.6. The molecule has 182 valence electrons. The van der Waals surface area contributed by atoms with Gasteiger partial charge in [-0.25, -0.2) is 5.06 Å². The summed E-state index contributed by atoms with van der Waals surface area (Å²) in [7, 11) is -1.00. The lowest BCUT2D eigenvalue weighted by molar-refractivity contribution is -0.172. The molecule has 0 aromatic heterocycles. The molecule has 5 nitrogen and oxygen atoms in total. The maximum absolute atomic E-state index is 13.5. The van der Waals surface area contributed by atoms with Gasteiger partial charge in [0, 0.05) is 12.5 Å². The zero-order valence-corrected chi connectivity index (χ0v) is 24.6. The Morgan fingerprint density at radius 1 is 1.13 bits per heavy atom. The predicted octanol–water partition coefficient (Wildman–Crippen LogP) is 6.39. The normalized spacial score (nSPS) is 24.6. The molecule has 0 aromatic rings. The second-order valence-corrected chi connectivity index (χ2v) is 20.9. The number of hydrogen-bond acceptors (Lipinski definition) is 4. The van der Waals surface area contributed by atoms with Gasteiger partial charge in [-0.2, -0.15) is 0 Å². The van der Waals surface area contributed by atoms with Gasteiger partial charge in [-0.15, -0.1) is 0 Å². The lowest BCUT2D eigenvalue weighted by Crippen LogP contribution is -2.55. The molecular formula is C24H49NO4Si2. The van der Waals surface area contributed by atoms with Gasteiger partial charge in [0.1, 0.15) is 5.60 Å². The fourth-order valence-corrected chi connectivity index (χ4v) is 9.06. The Hall–Kier alpha value is -0.476. The minimum Gasteiger partial charge on any atom is -0.407 e. The maximum atomic E-state index is 13.5. The van der Waals surface area contributed by atoms with E-state index in [1.807, 2.05) is 6.92 Å². The Morgan fingerprint density at radius 3 is 1.90 bits per heavy atom. The zero-order valence-electron chi connectivity index (χ0n) is 22.6. The van der Waals surface area contributed by atoms with Gasteiger partial charge in [0.05, 0.1) is 19.1 Å². The van der Waals surface area contributed by atoms with E-state index in [4.69, 9.17) is 13.7 Å². The molecule has 1 rings (SSSR count). The second-order valence-electron chi connectivity index (χ2n) is 11.4. The summed E-state index contributed by atoms with van der Waals surface area (Å²) in [6.07, 6.45) is -0.334. The van der Waals surface area contributed by atoms with E-state index < -0.39 is 22.2 Å². The Balaban J connectivity index is 3.69. The molecule has 1 fully saturated rings. The molecule has 0 radical (unpaired) electrons. The van der Waals surface area contributed by atoms with Crippen LogP contribution in [0.25, 0.3) is 0 Å². The molecule has 7 heteroatoms. The predicted molar refractivity (Wildman–Crippen MR) is 135 cm³/mol. The number of carbonyl (C=O) groups is 1. The molecule has 0 N–H and O–H groups in total. The van der Waals surface area contributed by atoms with Crippen LogP contribution in [0.4, 0.5) is 0 Å². The van der Waals surface area contributed by atoms with Crippen LogP contribution < -0.4 is 0 Å². The number of rotatable bonds is 11. The topological polar surface area (TPSA) is 48.0 Å². The highest BCUT2D eigenvalue weighted by Crippen LogP contribution is 2.69. The summed E-state index contributed by atoms with van der Waals surface area (Å²) in [5, 5.41) is 1.38. The minimum atomic E-state index is -2.15. The van der Waals surface area contributed by atoms with Crippen LogP contribution >= 0.6 is 0 Å². The van der Waals surface area contributed by atoms with Crippen LogP contribution in [0.1, 0.15) is 62.3 Å². The molecule has 1 saturated carbocycles. The second kappa shape index (κ2) is 9.41. The van der Waals surface area contributed by atoms with Gasteiger partial charge in [-0.05, 0) is 43.2 Å². The van der Waals surface area contributed by atoms with Crippen molar-refractivity contribution < 1.29 is 18.5 Å². The van der Waals surface area contributed by atoms with Crippen LogP contribution in [-0.4, -0.2) is 53.5 Å². The summed E-state index contributed by atoms with van der Waals surface area (Å²) in [5.41, 5.74) is -0.188. The highest BCUT2D eigenvalue weighted by molar-refractivity contribution is 6.74. The molecule has 0 aliphatic heterocycles.